The van der Waals surface area contributed by atoms with Gasteiger partial charge in [-0.15, -0.1) is 0 Å². The van der Waals surface area contributed by atoms with Gasteiger partial charge in [0.05, 0.1) is 55.5 Å². The minimum absolute atomic E-state index is 0.148. The Bertz CT molecular complexity index is 1130. The van der Waals surface area contributed by atoms with Crippen LogP contribution in [0, 0.1) is 6.92 Å². The molecule has 2 rings (SSSR count). The van der Waals surface area contributed by atoms with E-state index in [0.29, 0.717) is 44.9 Å². The smallest absolute Gasteiger partial charge is 0.305 e. The molecule has 0 aliphatic rings. The van der Waals surface area contributed by atoms with Crippen LogP contribution in [-0.2, 0) is 23.9 Å². The summed E-state index contributed by atoms with van der Waals surface area (Å²) in [4.78, 5) is 40.4. The Kier molecular flexibility index (Phi) is 16.6. The van der Waals surface area contributed by atoms with Crippen LogP contribution < -0.4 is 26.4 Å². The maximum atomic E-state index is 12.5. The predicted octanol–water partition coefficient (Wildman–Crippen LogP) is 3.10. The molecule has 0 bridgehead atoms. The molecule has 0 radical (unpaired) electrons. The number of carboxylic acid groups (broad SMARTS) is 1. The molecule has 6 N–H and O–H groups in total. The molecule has 0 spiro atoms. The molecule has 14 heteroatoms. The molecule has 0 aliphatic heterocycles. The summed E-state index contributed by atoms with van der Waals surface area (Å²) in [5, 5.41) is 18.1. The highest BCUT2D eigenvalue weighted by atomic mass is 35.5. The highest BCUT2D eigenvalue weighted by Gasteiger charge is 2.21. The molecule has 42 heavy (non-hydrogen) atoms. The van der Waals surface area contributed by atoms with Gasteiger partial charge < -0.3 is 41.0 Å². The van der Waals surface area contributed by atoms with Crippen molar-refractivity contribution in [2.24, 2.45) is 5.73 Å². The average Bonchev–Trinajstić information content (AvgIpc) is 2.93. The van der Waals surface area contributed by atoms with Crippen LogP contribution in [0.25, 0.3) is 0 Å². The minimum atomic E-state index is -1.14. The van der Waals surface area contributed by atoms with Crippen LogP contribution in [0.3, 0.4) is 0 Å². The number of carbonyl (C=O) groups is 3. The van der Waals surface area contributed by atoms with Crippen LogP contribution in [0.5, 0.6) is 5.75 Å². The van der Waals surface area contributed by atoms with Crippen LogP contribution >= 0.6 is 23.2 Å². The van der Waals surface area contributed by atoms with Gasteiger partial charge in [-0.3, -0.25) is 14.4 Å². The van der Waals surface area contributed by atoms with Crippen molar-refractivity contribution >= 4 is 46.8 Å². The molecule has 0 aliphatic carbocycles. The molecule has 0 saturated heterocycles. The Balaban J connectivity index is 1.78. The number of hydrogen-bond acceptors (Lipinski definition) is 9. The van der Waals surface area contributed by atoms with Crippen molar-refractivity contribution in [1.29, 1.82) is 0 Å². The Hall–Kier alpha value is -3.16. The molecule has 232 valence electrons. The Morgan fingerprint density at radius 2 is 1.69 bits per heavy atom. The van der Waals surface area contributed by atoms with E-state index in [0.717, 1.165) is 17.8 Å². The van der Waals surface area contributed by atoms with Gasteiger partial charge >= 0.3 is 5.97 Å². The highest BCUT2D eigenvalue weighted by molar-refractivity contribution is 6.37. The lowest BCUT2D eigenvalue weighted by Gasteiger charge is -2.20. The van der Waals surface area contributed by atoms with E-state index in [1.807, 2.05) is 19.1 Å². The number of halogens is 2. The van der Waals surface area contributed by atoms with Crippen molar-refractivity contribution in [3.05, 3.63) is 51.6 Å². The first kappa shape index (κ1) is 35.0. The molecule has 2 aromatic rings. The number of nitrogens with two attached hydrogens (primary N) is 1. The van der Waals surface area contributed by atoms with Crippen LogP contribution in [0.1, 0.15) is 42.9 Å². The van der Waals surface area contributed by atoms with E-state index in [2.05, 4.69) is 20.9 Å². The van der Waals surface area contributed by atoms with Gasteiger partial charge in [0.1, 0.15) is 12.4 Å². The standard InChI is InChI=1S/C28H39Cl2N5O7/c1-19-5-8-33-24(14-19)32-7-3-2-4-25(36)34-18-26(37)35-23(17-27(38)39)20-15-21(29)28(22(30)16-20)42-13-12-41-11-10-40-9-6-31/h5,8,14-16,23H,2-4,6-7,9-13,17-18,31H2,1H3,(H,32,33)(H,34,36)(H,35,37)(H,38,39). The second kappa shape index (κ2) is 19.9. The number of nitrogens with one attached hydrogen (secondary N) is 3. The summed E-state index contributed by atoms with van der Waals surface area (Å²) >= 11 is 12.7. The number of ether oxygens (including phenoxy) is 3. The lowest BCUT2D eigenvalue weighted by atomic mass is 10.0. The van der Waals surface area contributed by atoms with E-state index in [1.54, 1.807) is 6.20 Å². The van der Waals surface area contributed by atoms with Crippen molar-refractivity contribution in [2.75, 3.05) is 58.0 Å². The van der Waals surface area contributed by atoms with Gasteiger partial charge in [0.15, 0.2) is 5.75 Å². The lowest BCUT2D eigenvalue weighted by Crippen LogP contribution is -2.39. The first-order valence-corrected chi connectivity index (χ1v) is 14.4. The van der Waals surface area contributed by atoms with Crippen molar-refractivity contribution in [1.82, 2.24) is 15.6 Å². The molecule has 0 fully saturated rings. The summed E-state index contributed by atoms with van der Waals surface area (Å²) in [6.45, 7) is 4.48. The van der Waals surface area contributed by atoms with Gasteiger partial charge in [-0.25, -0.2) is 4.98 Å². The number of aliphatic carboxylic acids is 1. The van der Waals surface area contributed by atoms with Crippen LogP contribution in [0.15, 0.2) is 30.5 Å². The van der Waals surface area contributed by atoms with Crippen molar-refractivity contribution in [3.63, 3.8) is 0 Å². The highest BCUT2D eigenvalue weighted by Crippen LogP contribution is 2.36. The number of rotatable bonds is 21. The Labute approximate surface area is 255 Å². The number of nitrogens with zero attached hydrogens (tertiary/aromatic N) is 1. The number of unbranched alkanes of at least 4 members (excludes halogenated alkanes) is 1. The minimum Gasteiger partial charge on any atom is -0.488 e. The topological polar surface area (TPSA) is 174 Å². The molecule has 1 unspecified atom stereocenters. The lowest BCUT2D eigenvalue weighted by molar-refractivity contribution is -0.138. The molecule has 1 aromatic heterocycles. The zero-order valence-corrected chi connectivity index (χ0v) is 25.1. The average molecular weight is 629 g/mol. The number of aryl methyl sites for hydroxylation is 1. The van der Waals surface area contributed by atoms with Crippen molar-refractivity contribution in [3.8, 4) is 5.75 Å². The van der Waals surface area contributed by atoms with E-state index >= 15 is 0 Å². The maximum absolute atomic E-state index is 12.5. The van der Waals surface area contributed by atoms with E-state index in [9.17, 15) is 19.5 Å². The number of hydrogen-bond donors (Lipinski definition) is 5. The summed E-state index contributed by atoms with van der Waals surface area (Å²) in [5.74, 6) is -0.986. The zero-order chi connectivity index (χ0) is 30.7. The van der Waals surface area contributed by atoms with Gasteiger partial charge in [-0.05, 0) is 55.2 Å². The number of anilines is 1. The fraction of sp³-hybridized carbons (Fsp3) is 0.500. The largest absolute Gasteiger partial charge is 0.488 e. The first-order chi connectivity index (χ1) is 20.2. The fourth-order valence-corrected chi connectivity index (χ4v) is 4.34. The Morgan fingerprint density at radius 3 is 2.36 bits per heavy atom. The quantitative estimate of drug-likeness (QED) is 0.129. The SMILES string of the molecule is Cc1ccnc(NCCCCC(=O)NCC(=O)NC(CC(=O)O)c2cc(Cl)c(OCCOCCOCCN)c(Cl)c2)c1. The van der Waals surface area contributed by atoms with E-state index in [4.69, 9.17) is 43.1 Å². The molecule has 12 nitrogen and oxygen atoms in total. The van der Waals surface area contributed by atoms with Crippen LogP contribution in [-0.4, -0.2) is 80.5 Å². The summed E-state index contributed by atoms with van der Waals surface area (Å²) in [5.41, 5.74) is 6.83. The molecular weight excluding hydrogens is 589 g/mol. The van der Waals surface area contributed by atoms with Gasteiger partial charge in [0.2, 0.25) is 11.8 Å². The normalized spacial score (nSPS) is 11.5. The third-order valence-corrected chi connectivity index (χ3v) is 6.31. The third-order valence-electron chi connectivity index (χ3n) is 5.74. The van der Waals surface area contributed by atoms with Crippen LogP contribution in [0.2, 0.25) is 10.0 Å². The second-order valence-electron chi connectivity index (χ2n) is 9.27. The molecule has 2 amide bonds. The molecule has 1 heterocycles. The number of amides is 2. The number of carboxylic acids is 1. The fourth-order valence-electron chi connectivity index (χ4n) is 3.73. The first-order valence-electron chi connectivity index (χ1n) is 13.6. The molecule has 1 atom stereocenters. The number of carbonyl (C=O) groups excluding carboxylic acids is 2. The van der Waals surface area contributed by atoms with Gasteiger partial charge in [0, 0.05) is 25.7 Å². The van der Waals surface area contributed by atoms with Crippen LogP contribution in [0.4, 0.5) is 5.82 Å². The van der Waals surface area contributed by atoms with Crippen molar-refractivity contribution < 1.29 is 33.7 Å². The van der Waals surface area contributed by atoms with E-state index < -0.39 is 24.3 Å². The van der Waals surface area contributed by atoms with Gasteiger partial charge in [0.25, 0.3) is 0 Å². The van der Waals surface area contributed by atoms with E-state index in [-0.39, 0.29) is 47.9 Å². The van der Waals surface area contributed by atoms with Crippen molar-refractivity contribution in [2.45, 2.75) is 38.6 Å². The van der Waals surface area contributed by atoms with Gasteiger partial charge in [-0.2, -0.15) is 0 Å². The molecule has 0 saturated carbocycles. The predicted molar refractivity (Wildman–Crippen MR) is 160 cm³/mol. The third kappa shape index (κ3) is 14.1. The summed E-state index contributed by atoms with van der Waals surface area (Å²) in [7, 11) is 0. The second-order valence-corrected chi connectivity index (χ2v) is 10.1. The monoisotopic (exact) mass is 627 g/mol. The summed E-state index contributed by atoms with van der Waals surface area (Å²) in [6.07, 6.45) is 2.92. The molecular formula is C28H39Cl2N5O7. The number of pyridine rings is 1. The molecule has 1 aromatic carbocycles. The summed E-state index contributed by atoms with van der Waals surface area (Å²) in [6, 6.07) is 5.88. The number of aromatic nitrogens is 1. The summed E-state index contributed by atoms with van der Waals surface area (Å²) < 4.78 is 16.2. The maximum Gasteiger partial charge on any atom is 0.305 e. The number of benzene rings is 1. The van der Waals surface area contributed by atoms with Gasteiger partial charge in [-0.1, -0.05) is 23.2 Å². The van der Waals surface area contributed by atoms with E-state index in [1.165, 1.54) is 12.1 Å². The zero-order valence-electron chi connectivity index (χ0n) is 23.6. The Morgan fingerprint density at radius 1 is 1.00 bits per heavy atom.